The van der Waals surface area contributed by atoms with E-state index in [0.29, 0.717) is 0 Å². The zero-order chi connectivity index (χ0) is 22.8. The van der Waals surface area contributed by atoms with Crippen molar-refractivity contribution >= 4 is 37.6 Å². The molecule has 3 N–H and O–H groups in total. The van der Waals surface area contributed by atoms with Crippen LogP contribution in [0.2, 0.25) is 0 Å². The van der Waals surface area contributed by atoms with Crippen molar-refractivity contribution in [1.29, 1.82) is 0 Å². The van der Waals surface area contributed by atoms with Crippen molar-refractivity contribution in [3.63, 3.8) is 0 Å². The maximum absolute atomic E-state index is 13.3. The molecule has 0 saturated carbocycles. The number of hydrogen-bond donors (Lipinski definition) is 3. The van der Waals surface area contributed by atoms with Crippen molar-refractivity contribution in [2.45, 2.75) is 43.0 Å². The third kappa shape index (κ3) is 5.10. The number of rotatable bonds is 7. The lowest BCUT2D eigenvalue weighted by Crippen LogP contribution is -2.42. The Morgan fingerprint density at radius 2 is 1.97 bits per heavy atom. The molecule has 3 atom stereocenters. The maximum atomic E-state index is 13.3. The fraction of sp³-hybridized carbons (Fsp3) is 0.526. The van der Waals surface area contributed by atoms with Crippen LogP contribution in [0.5, 0.6) is 0 Å². The van der Waals surface area contributed by atoms with Gasteiger partial charge in [0.1, 0.15) is 23.3 Å². The lowest BCUT2D eigenvalue weighted by Gasteiger charge is -2.33. The molecule has 31 heavy (non-hydrogen) atoms. The number of aliphatic hydroxyl groups is 2. The third-order valence-electron chi connectivity index (χ3n) is 5.02. The van der Waals surface area contributed by atoms with Crippen LogP contribution in [0.1, 0.15) is 19.8 Å². The van der Waals surface area contributed by atoms with Crippen LogP contribution in [0.15, 0.2) is 34.3 Å². The second kappa shape index (κ2) is 9.51. The number of aliphatic hydroxyl groups excluding tert-OH is 2. The Kier molecular flexibility index (Phi) is 7.39. The van der Waals surface area contributed by atoms with Crippen LogP contribution in [0.4, 0.5) is 10.1 Å². The van der Waals surface area contributed by atoms with Crippen LogP contribution in [-0.4, -0.2) is 67.7 Å². The number of nitrogens with one attached hydrogen (secondary N) is 1. The highest BCUT2D eigenvalue weighted by molar-refractivity contribution is 9.10. The number of benzene rings is 1. The molecule has 1 aromatic carbocycles. The first kappa shape index (κ1) is 24.1. The van der Waals surface area contributed by atoms with Gasteiger partial charge in [-0.25, -0.2) is 17.6 Å². The summed E-state index contributed by atoms with van der Waals surface area (Å²) in [5, 5.41) is 17.6. The Balaban J connectivity index is 1.95. The summed E-state index contributed by atoms with van der Waals surface area (Å²) >= 11 is 3.11. The molecule has 1 unspecified atom stereocenters. The van der Waals surface area contributed by atoms with E-state index in [9.17, 15) is 27.8 Å². The fourth-order valence-electron chi connectivity index (χ4n) is 3.60. The molecule has 2 aliphatic rings. The van der Waals surface area contributed by atoms with E-state index < -0.39 is 58.3 Å². The first-order valence-electron chi connectivity index (χ1n) is 9.58. The van der Waals surface area contributed by atoms with Gasteiger partial charge in [0.05, 0.1) is 31.1 Å². The van der Waals surface area contributed by atoms with Crippen molar-refractivity contribution in [3.8, 4) is 0 Å². The van der Waals surface area contributed by atoms with E-state index in [1.54, 1.807) is 6.92 Å². The number of ether oxygens (including phenoxy) is 3. The van der Waals surface area contributed by atoms with E-state index >= 15 is 0 Å². The molecular weight excluding hydrogens is 501 g/mol. The van der Waals surface area contributed by atoms with Crippen LogP contribution in [0.3, 0.4) is 0 Å². The van der Waals surface area contributed by atoms with E-state index in [1.807, 2.05) is 0 Å². The monoisotopic (exact) mass is 523 g/mol. The number of halogens is 2. The first-order chi connectivity index (χ1) is 14.6. The Morgan fingerprint density at radius 1 is 1.32 bits per heavy atom. The van der Waals surface area contributed by atoms with Crippen molar-refractivity contribution in [3.05, 3.63) is 40.1 Å². The summed E-state index contributed by atoms with van der Waals surface area (Å²) in [6.45, 7) is 0.766. The lowest BCUT2D eigenvalue weighted by atomic mass is 9.94. The van der Waals surface area contributed by atoms with Gasteiger partial charge in [0.25, 0.3) is 0 Å². The minimum absolute atomic E-state index is 0.0210. The summed E-state index contributed by atoms with van der Waals surface area (Å²) in [7, 11) is -4.15. The normalized spacial score (nSPS) is 25.3. The van der Waals surface area contributed by atoms with Crippen LogP contribution in [-0.2, 0) is 29.0 Å². The zero-order valence-corrected chi connectivity index (χ0v) is 19.0. The molecule has 1 saturated heterocycles. The molecule has 1 heterocycles. The standard InChI is InChI=1S/C19H23BrFNO8S/c1-2-28-18(25)12-8-19(29-15(9-23)16(10-24)30-19)6-5-17(12)31(26,27)22-14-4-3-11(21)7-13(14)20/h3-4,7-8,15-17,22-24H,2,5-6,9-10H2,1H3/t15-,16-,17?/m1/s1. The number of hydrogen-bond acceptors (Lipinski definition) is 8. The Morgan fingerprint density at radius 3 is 2.52 bits per heavy atom. The van der Waals surface area contributed by atoms with Gasteiger partial charge in [-0.05, 0) is 53.5 Å². The molecule has 0 aromatic heterocycles. The number of carbonyl (C=O) groups is 1. The van der Waals surface area contributed by atoms with E-state index in [4.69, 9.17) is 14.2 Å². The summed E-state index contributed by atoms with van der Waals surface area (Å²) in [6, 6.07) is 3.47. The maximum Gasteiger partial charge on any atom is 0.335 e. The summed E-state index contributed by atoms with van der Waals surface area (Å²) in [4.78, 5) is 12.6. The molecule has 1 fully saturated rings. The quantitative estimate of drug-likeness (QED) is 0.457. The van der Waals surface area contributed by atoms with Crippen molar-refractivity contribution in [2.75, 3.05) is 24.5 Å². The van der Waals surface area contributed by atoms with Crippen LogP contribution < -0.4 is 4.72 Å². The average molecular weight is 524 g/mol. The molecule has 1 aromatic rings. The van der Waals surface area contributed by atoms with Crippen LogP contribution in [0.25, 0.3) is 0 Å². The molecule has 1 spiro atoms. The molecule has 1 aliphatic carbocycles. The Bertz CT molecular complexity index is 958. The van der Waals surface area contributed by atoms with Gasteiger partial charge in [0.2, 0.25) is 10.0 Å². The minimum atomic E-state index is -4.15. The minimum Gasteiger partial charge on any atom is -0.463 e. The van der Waals surface area contributed by atoms with Gasteiger partial charge in [-0.3, -0.25) is 4.72 Å². The Labute approximate surface area is 187 Å². The van der Waals surface area contributed by atoms with Gasteiger partial charge in [0, 0.05) is 10.9 Å². The molecule has 12 heteroatoms. The summed E-state index contributed by atoms with van der Waals surface area (Å²) in [5.74, 6) is -2.87. The summed E-state index contributed by atoms with van der Waals surface area (Å²) in [5.41, 5.74) is -0.0759. The van der Waals surface area contributed by atoms with E-state index in [2.05, 4.69) is 20.7 Å². The van der Waals surface area contributed by atoms with Gasteiger partial charge in [-0.1, -0.05) is 0 Å². The second-order valence-electron chi connectivity index (χ2n) is 7.11. The number of anilines is 1. The van der Waals surface area contributed by atoms with Gasteiger partial charge in [-0.2, -0.15) is 0 Å². The molecule has 0 radical (unpaired) electrons. The molecule has 1 aliphatic heterocycles. The van der Waals surface area contributed by atoms with Gasteiger partial charge in [-0.15, -0.1) is 0 Å². The predicted molar refractivity (Wildman–Crippen MR) is 111 cm³/mol. The van der Waals surface area contributed by atoms with Crippen molar-refractivity contribution < 1.29 is 42.0 Å². The second-order valence-corrected chi connectivity index (χ2v) is 9.83. The number of carbonyl (C=O) groups excluding carboxylic acids is 1. The van der Waals surface area contributed by atoms with Gasteiger partial charge in [0.15, 0.2) is 5.79 Å². The lowest BCUT2D eigenvalue weighted by molar-refractivity contribution is -0.154. The van der Waals surface area contributed by atoms with Crippen molar-refractivity contribution in [2.24, 2.45) is 0 Å². The molecule has 172 valence electrons. The third-order valence-corrected chi connectivity index (χ3v) is 7.42. The number of esters is 1. The van der Waals surface area contributed by atoms with Crippen LogP contribution in [0, 0.1) is 5.82 Å². The van der Waals surface area contributed by atoms with E-state index in [1.165, 1.54) is 12.1 Å². The Hall–Kier alpha value is -1.57. The topological polar surface area (TPSA) is 131 Å². The predicted octanol–water partition coefficient (Wildman–Crippen LogP) is 1.45. The smallest absolute Gasteiger partial charge is 0.335 e. The van der Waals surface area contributed by atoms with Gasteiger partial charge < -0.3 is 24.4 Å². The van der Waals surface area contributed by atoms with Gasteiger partial charge >= 0.3 is 5.97 Å². The first-order valence-corrected chi connectivity index (χ1v) is 11.9. The van der Waals surface area contributed by atoms with Crippen LogP contribution >= 0.6 is 15.9 Å². The summed E-state index contributed by atoms with van der Waals surface area (Å²) < 4.78 is 58.7. The highest BCUT2D eigenvalue weighted by atomic mass is 79.9. The summed E-state index contributed by atoms with van der Waals surface area (Å²) in [6.07, 6.45) is -0.415. The van der Waals surface area contributed by atoms with E-state index in [0.717, 1.165) is 12.1 Å². The number of sulfonamides is 1. The SMILES string of the molecule is CCOC(=O)C1=CC2(CCC1S(=O)(=O)Nc1ccc(F)cc1Br)O[C@H](CO)[C@@H](CO)O2. The molecule has 0 bridgehead atoms. The molecular formula is C19H23BrFNO8S. The largest absolute Gasteiger partial charge is 0.463 e. The molecule has 3 rings (SSSR count). The average Bonchev–Trinajstić information content (AvgIpc) is 3.07. The highest BCUT2D eigenvalue weighted by Crippen LogP contribution is 2.41. The molecule has 0 amide bonds. The zero-order valence-electron chi connectivity index (χ0n) is 16.6. The van der Waals surface area contributed by atoms with E-state index in [-0.39, 0.29) is 35.2 Å². The van der Waals surface area contributed by atoms with Crippen molar-refractivity contribution in [1.82, 2.24) is 0 Å². The fourth-order valence-corrected chi connectivity index (χ4v) is 5.74. The highest BCUT2D eigenvalue weighted by Gasteiger charge is 2.51. The molecule has 9 nitrogen and oxygen atoms in total.